The highest BCUT2D eigenvalue weighted by Gasteiger charge is 1.97. The fourth-order valence-corrected chi connectivity index (χ4v) is 1.41. The van der Waals surface area contributed by atoms with Gasteiger partial charge in [-0.25, -0.2) is 0 Å². The maximum atomic E-state index is 8.36. The maximum Gasteiger partial charge on any atom is 0.291 e. The molecule has 1 aliphatic rings. The Hall–Kier alpha value is -1.52. The Morgan fingerprint density at radius 1 is 1.38 bits per heavy atom. The topological polar surface area (TPSA) is 66.6 Å². The van der Waals surface area contributed by atoms with Crippen molar-refractivity contribution in [2.75, 3.05) is 13.1 Å². The van der Waals surface area contributed by atoms with E-state index in [1.807, 2.05) is 0 Å². The van der Waals surface area contributed by atoms with Crippen LogP contribution in [0.4, 0.5) is 0 Å². The van der Waals surface area contributed by atoms with Crippen molar-refractivity contribution in [1.82, 2.24) is 4.90 Å². The summed E-state index contributed by atoms with van der Waals surface area (Å²) in [5.41, 5.74) is 0. The molecule has 92 valence electrons. The first-order valence-corrected chi connectivity index (χ1v) is 5.57. The summed E-state index contributed by atoms with van der Waals surface area (Å²) in [7, 11) is 0. The van der Waals surface area contributed by atoms with Crippen LogP contribution in [0, 0.1) is 10.1 Å². The zero-order valence-corrected chi connectivity index (χ0v) is 9.71. The predicted molar refractivity (Wildman–Crippen MR) is 62.8 cm³/mol. The predicted octanol–water partition coefficient (Wildman–Crippen LogP) is 2.60. The normalized spacial score (nSPS) is 13.2. The van der Waals surface area contributed by atoms with Gasteiger partial charge in [0.05, 0.1) is 0 Å². The van der Waals surface area contributed by atoms with Gasteiger partial charge in [-0.05, 0) is 18.7 Å². The van der Waals surface area contributed by atoms with E-state index in [4.69, 9.17) is 15.3 Å². The summed E-state index contributed by atoms with van der Waals surface area (Å²) in [6.45, 7) is 4.58. The molecule has 5 nitrogen and oxygen atoms in total. The molecular formula is C11H20N2O3. The van der Waals surface area contributed by atoms with Crippen molar-refractivity contribution >= 4 is 0 Å². The highest BCUT2D eigenvalue weighted by molar-refractivity contribution is 5.08. The first-order chi connectivity index (χ1) is 7.66. The van der Waals surface area contributed by atoms with Crippen molar-refractivity contribution in [2.24, 2.45) is 0 Å². The zero-order chi connectivity index (χ0) is 12.2. The van der Waals surface area contributed by atoms with Gasteiger partial charge in [-0.15, -0.1) is 10.1 Å². The Labute approximate surface area is 96.2 Å². The second-order valence-corrected chi connectivity index (χ2v) is 3.56. The minimum absolute atomic E-state index is 1.10. The number of nitrogens with zero attached hydrogens (tertiary/aromatic N) is 2. The summed E-state index contributed by atoms with van der Waals surface area (Å²) in [5.74, 6) is 0. The largest absolute Gasteiger partial charge is 0.374 e. The van der Waals surface area contributed by atoms with E-state index >= 15 is 0 Å². The lowest BCUT2D eigenvalue weighted by atomic mass is 10.2. The van der Waals surface area contributed by atoms with Crippen LogP contribution in [-0.2, 0) is 0 Å². The lowest BCUT2D eigenvalue weighted by Gasteiger charge is -2.19. The molecule has 0 saturated carbocycles. The number of allylic oxidation sites excluding steroid dienone is 2. The molecular weight excluding hydrogens is 208 g/mol. The van der Waals surface area contributed by atoms with E-state index in [2.05, 4.69) is 36.3 Å². The molecule has 0 aliphatic carbocycles. The molecule has 1 aliphatic heterocycles. The molecule has 0 saturated heterocycles. The quantitative estimate of drug-likeness (QED) is 0.446. The van der Waals surface area contributed by atoms with E-state index < -0.39 is 5.09 Å². The smallest absolute Gasteiger partial charge is 0.291 e. The van der Waals surface area contributed by atoms with Gasteiger partial charge >= 0.3 is 0 Å². The van der Waals surface area contributed by atoms with Crippen molar-refractivity contribution in [1.29, 1.82) is 0 Å². The minimum Gasteiger partial charge on any atom is -0.374 e. The molecule has 0 unspecified atom stereocenters. The Balaban J connectivity index is 0.000000487. The van der Waals surface area contributed by atoms with Gasteiger partial charge in [-0.3, -0.25) is 0 Å². The van der Waals surface area contributed by atoms with E-state index in [-0.39, 0.29) is 0 Å². The lowest BCUT2D eigenvalue weighted by molar-refractivity contribution is -0.742. The molecule has 1 rings (SSSR count). The third-order valence-electron chi connectivity index (χ3n) is 2.18. The molecule has 0 spiro atoms. The molecule has 5 heteroatoms. The third kappa shape index (κ3) is 10.6. The second-order valence-electron chi connectivity index (χ2n) is 3.56. The highest BCUT2D eigenvalue weighted by Crippen LogP contribution is 2.04. The standard InChI is InChI=1S/C11H19N.HNO3/c1-2-3-4-6-9-12-10-7-5-8-11-12;2-1(3)4/h5,7-8,10H,2-4,6,9,11H2,1H3;(H,2,3,4). The second kappa shape index (κ2) is 10.0. The van der Waals surface area contributed by atoms with Gasteiger partial charge in [0.25, 0.3) is 5.09 Å². The van der Waals surface area contributed by atoms with E-state index in [0.29, 0.717) is 0 Å². The fourth-order valence-electron chi connectivity index (χ4n) is 1.41. The van der Waals surface area contributed by atoms with E-state index in [0.717, 1.165) is 6.54 Å². The lowest BCUT2D eigenvalue weighted by Crippen LogP contribution is -2.19. The molecule has 0 radical (unpaired) electrons. The van der Waals surface area contributed by atoms with Crippen molar-refractivity contribution in [3.8, 4) is 0 Å². The van der Waals surface area contributed by atoms with Crippen LogP contribution in [0.5, 0.6) is 0 Å². The van der Waals surface area contributed by atoms with Crippen molar-refractivity contribution in [3.63, 3.8) is 0 Å². The summed E-state index contributed by atoms with van der Waals surface area (Å²) in [4.78, 5) is 10.7. The summed E-state index contributed by atoms with van der Waals surface area (Å²) in [6.07, 6.45) is 14.1. The highest BCUT2D eigenvalue weighted by atomic mass is 16.9. The zero-order valence-electron chi connectivity index (χ0n) is 9.71. The summed E-state index contributed by atoms with van der Waals surface area (Å²) in [5, 5.41) is 13.6. The average Bonchev–Trinajstić information content (AvgIpc) is 2.25. The van der Waals surface area contributed by atoms with Gasteiger partial charge in [-0.1, -0.05) is 38.3 Å². The van der Waals surface area contributed by atoms with Crippen LogP contribution in [0.15, 0.2) is 24.4 Å². The molecule has 0 aromatic rings. The number of unbranched alkanes of at least 4 members (excludes halogenated alkanes) is 3. The Morgan fingerprint density at radius 3 is 2.56 bits per heavy atom. The Kier molecular flexibility index (Phi) is 9.06. The molecule has 1 N–H and O–H groups in total. The molecule has 16 heavy (non-hydrogen) atoms. The fraction of sp³-hybridized carbons (Fsp3) is 0.636. The van der Waals surface area contributed by atoms with Crippen LogP contribution in [0.3, 0.4) is 0 Å². The van der Waals surface area contributed by atoms with Gasteiger partial charge in [-0.2, -0.15) is 0 Å². The van der Waals surface area contributed by atoms with E-state index in [1.165, 1.54) is 32.2 Å². The number of hydrogen-bond acceptors (Lipinski definition) is 3. The van der Waals surface area contributed by atoms with Gasteiger partial charge in [0.2, 0.25) is 0 Å². The molecule has 0 aromatic carbocycles. The summed E-state index contributed by atoms with van der Waals surface area (Å²) < 4.78 is 0. The first-order valence-electron chi connectivity index (χ1n) is 5.57. The van der Waals surface area contributed by atoms with Gasteiger partial charge in [0.1, 0.15) is 0 Å². The van der Waals surface area contributed by atoms with Crippen LogP contribution in [-0.4, -0.2) is 28.3 Å². The summed E-state index contributed by atoms with van der Waals surface area (Å²) >= 11 is 0. The van der Waals surface area contributed by atoms with Crippen molar-refractivity contribution in [2.45, 2.75) is 32.6 Å². The Morgan fingerprint density at radius 2 is 2.06 bits per heavy atom. The Bertz CT molecular complexity index is 235. The molecule has 0 amide bonds. The van der Waals surface area contributed by atoms with Crippen LogP contribution in [0.1, 0.15) is 32.6 Å². The molecule has 1 heterocycles. The van der Waals surface area contributed by atoms with Crippen LogP contribution in [0.2, 0.25) is 0 Å². The van der Waals surface area contributed by atoms with Crippen LogP contribution < -0.4 is 0 Å². The van der Waals surface area contributed by atoms with Gasteiger partial charge in [0.15, 0.2) is 0 Å². The molecule has 0 fully saturated rings. The van der Waals surface area contributed by atoms with Gasteiger partial charge in [0, 0.05) is 13.1 Å². The first kappa shape index (κ1) is 14.5. The number of rotatable bonds is 5. The maximum absolute atomic E-state index is 8.36. The molecule has 0 aromatic heterocycles. The van der Waals surface area contributed by atoms with Crippen LogP contribution >= 0.6 is 0 Å². The molecule has 0 atom stereocenters. The van der Waals surface area contributed by atoms with Crippen LogP contribution in [0.25, 0.3) is 0 Å². The third-order valence-corrected chi connectivity index (χ3v) is 2.18. The van der Waals surface area contributed by atoms with Crippen molar-refractivity contribution in [3.05, 3.63) is 34.5 Å². The van der Waals surface area contributed by atoms with E-state index in [1.54, 1.807) is 0 Å². The van der Waals surface area contributed by atoms with Gasteiger partial charge < -0.3 is 10.1 Å². The summed E-state index contributed by atoms with van der Waals surface area (Å²) in [6, 6.07) is 0. The molecule has 0 bridgehead atoms. The number of hydrogen-bond donors (Lipinski definition) is 1. The SMILES string of the molecule is CCCCCCN1C=CC=CC1.O=[N+]([O-])O. The minimum atomic E-state index is -1.50. The average molecular weight is 228 g/mol. The monoisotopic (exact) mass is 228 g/mol. The van der Waals surface area contributed by atoms with E-state index in [9.17, 15) is 0 Å². The van der Waals surface area contributed by atoms with Crippen molar-refractivity contribution < 1.29 is 10.3 Å².